The Bertz CT molecular complexity index is 4300. The molecule has 0 unspecified atom stereocenters. The Morgan fingerprint density at radius 1 is 0.480 bits per heavy atom. The molecule has 30 heteroatoms. The molecule has 98 heavy (non-hydrogen) atoms. The van der Waals surface area contributed by atoms with Crippen molar-refractivity contribution < 1.29 is 107 Å². The number of phenolic OH excluding ortho intramolecular Hbond substituents is 4. The van der Waals surface area contributed by atoms with Crippen molar-refractivity contribution in [2.75, 3.05) is 42.4 Å². The van der Waals surface area contributed by atoms with Crippen LogP contribution in [0.4, 0.5) is 0 Å². The predicted molar refractivity (Wildman–Crippen MR) is 341 cm³/mol. The number of carbonyl (C=O) groups excluding carboxylic acids is 2. The van der Waals surface area contributed by atoms with Crippen molar-refractivity contribution in [1.82, 2.24) is 9.80 Å². The molecule has 0 aromatic heterocycles. The first-order valence-corrected chi connectivity index (χ1v) is 32.6. The number of likely N-dealkylation sites (N-methyl/N-ethyl adjacent to an activating group) is 2. The smallest absolute Gasteiger partial charge is 0.333 e. The van der Waals surface area contributed by atoms with Crippen LogP contribution in [0.5, 0.6) is 23.0 Å². The van der Waals surface area contributed by atoms with Gasteiger partial charge in [-0.2, -0.15) is 9.58 Å². The lowest BCUT2D eigenvalue weighted by molar-refractivity contribution is -0.352. The van der Waals surface area contributed by atoms with Crippen molar-refractivity contribution in [3.8, 4) is 23.0 Å². The van der Waals surface area contributed by atoms with Gasteiger partial charge in [0.15, 0.2) is 58.4 Å². The van der Waals surface area contributed by atoms with E-state index in [1.165, 1.54) is 41.9 Å². The average molecular weight is 1370 g/mol. The molecule has 0 radical (unpaired) electrons. The summed E-state index contributed by atoms with van der Waals surface area (Å²) >= 11 is 0. The average Bonchev–Trinajstić information content (AvgIpc) is 1.66. The van der Waals surface area contributed by atoms with E-state index in [9.17, 15) is 71.1 Å². The van der Waals surface area contributed by atoms with Gasteiger partial charge in [-0.25, -0.2) is 0 Å². The summed E-state index contributed by atoms with van der Waals surface area (Å²) in [6.45, 7) is 9.33. The third kappa shape index (κ3) is 10.5. The zero-order valence-electron chi connectivity index (χ0n) is 55.9. The Hall–Kier alpha value is -7.26. The summed E-state index contributed by atoms with van der Waals surface area (Å²) in [5.74, 6) is -11.6. The molecule has 6 aromatic carbocycles. The second-order valence-electron chi connectivity index (χ2n) is 27.2. The van der Waals surface area contributed by atoms with Gasteiger partial charge in [0.05, 0.1) is 105 Å². The van der Waals surface area contributed by atoms with Crippen LogP contribution >= 0.6 is 0 Å². The van der Waals surface area contributed by atoms with Crippen molar-refractivity contribution in [1.29, 1.82) is 0 Å². The molecule has 526 valence electrons. The number of hydrogen-bond donors (Lipinski definition) is 8. The summed E-state index contributed by atoms with van der Waals surface area (Å²) < 4.78 is 67.5. The number of rotatable bonds is 15. The van der Waals surface area contributed by atoms with Gasteiger partial charge >= 0.3 is 10.7 Å². The molecule has 22 atom stereocenters. The number of ether oxygens (including phenoxy) is 10. The van der Waals surface area contributed by atoms with Gasteiger partial charge in [0.25, 0.3) is 0 Å². The number of aromatic hydroxyl groups is 4. The Kier molecular flexibility index (Phi) is 18.8. The Morgan fingerprint density at radius 3 is 1.06 bits per heavy atom. The van der Waals surface area contributed by atoms with Gasteiger partial charge in [0, 0.05) is 61.8 Å². The van der Waals surface area contributed by atoms with Crippen LogP contribution in [0.3, 0.4) is 0 Å². The molecular weight excluding hydrogens is 1280 g/mol. The normalized spacial score (nSPS) is 35.4. The summed E-state index contributed by atoms with van der Waals surface area (Å²) in [5.41, 5.74) is 11.4. The molecule has 0 saturated carbocycles. The van der Waals surface area contributed by atoms with Crippen LogP contribution in [-0.2, 0) is 47.4 Å². The first kappa shape index (κ1) is 70.6. The Labute approximate surface area is 558 Å². The third-order valence-electron chi connectivity index (χ3n) is 21.6. The number of aliphatic hydroxyl groups excluding tert-OH is 4. The van der Waals surface area contributed by atoms with Gasteiger partial charge in [0.1, 0.15) is 69.4 Å². The van der Waals surface area contributed by atoms with E-state index in [0.29, 0.717) is 0 Å². The maximum absolute atomic E-state index is 17.9. The minimum absolute atomic E-state index is 0.351. The van der Waals surface area contributed by atoms with Gasteiger partial charge in [-0.1, -0.05) is 13.8 Å². The summed E-state index contributed by atoms with van der Waals surface area (Å²) in [5, 5.41) is 90.9. The highest BCUT2D eigenvalue weighted by molar-refractivity contribution is 6.25. The lowest BCUT2D eigenvalue weighted by Crippen LogP contribution is -2.68. The van der Waals surface area contributed by atoms with Crippen LogP contribution in [0, 0.1) is 11.8 Å². The number of carbonyl (C=O) groups is 2. The van der Waals surface area contributed by atoms with E-state index in [1.54, 1.807) is 51.8 Å². The number of phenols is 4. The van der Waals surface area contributed by atoms with Gasteiger partial charge in [-0.15, -0.1) is 0 Å². The monoisotopic (exact) mass is 1360 g/mol. The molecule has 4 saturated heterocycles. The van der Waals surface area contributed by atoms with E-state index < -0.39 is 279 Å². The van der Waals surface area contributed by atoms with Gasteiger partial charge in [0.2, 0.25) is 0 Å². The number of aliphatic hydroxyl groups is 4. The molecule has 6 aliphatic rings. The van der Waals surface area contributed by atoms with Crippen molar-refractivity contribution >= 4 is 54.7 Å². The van der Waals surface area contributed by atoms with Crippen molar-refractivity contribution in [2.45, 2.75) is 202 Å². The summed E-state index contributed by atoms with van der Waals surface area (Å²) in [7, 11) is 9.47. The lowest BCUT2D eigenvalue weighted by atomic mass is 9.55. The quantitative estimate of drug-likeness (QED) is 0.0407. The molecule has 4 aliphatic heterocycles. The van der Waals surface area contributed by atoms with Crippen LogP contribution in [0.2, 0.25) is 0 Å². The van der Waals surface area contributed by atoms with Crippen LogP contribution in [0.25, 0.3) is 54.2 Å². The number of fused-ring (bicyclic) bond motifs is 8. The topological polar surface area (TPSA) is 436 Å². The molecule has 2 aliphatic carbocycles. The zero-order chi connectivity index (χ0) is 71.1. The van der Waals surface area contributed by atoms with E-state index in [2.05, 4.69) is 9.58 Å². The molecule has 4 heterocycles. The van der Waals surface area contributed by atoms with E-state index in [0.717, 1.165) is 24.3 Å². The van der Waals surface area contributed by atoms with E-state index in [4.69, 9.17) is 47.4 Å². The fraction of sp³-hybridized carbons (Fsp3) is 0.588. The number of Topliss-reactive ketones (excluding diaryl/α,β-unsaturated/α-hetero) is 2. The van der Waals surface area contributed by atoms with E-state index in [1.807, 2.05) is 0 Å². The summed E-state index contributed by atoms with van der Waals surface area (Å²) in [6, 6.07) is 1.96. The highest BCUT2D eigenvalue weighted by Gasteiger charge is 2.71. The lowest BCUT2D eigenvalue weighted by Gasteiger charge is -2.58. The van der Waals surface area contributed by atoms with Gasteiger partial charge < -0.3 is 109 Å². The fourth-order valence-corrected chi connectivity index (χ4v) is 17.2. The minimum Gasteiger partial charge on any atom is -0.506 e. The molecule has 6 aromatic rings. The largest absolute Gasteiger partial charge is 0.506 e. The maximum atomic E-state index is 17.9. The molecule has 0 spiro atoms. The minimum atomic E-state index is -2.67. The number of ketones is 2. The summed E-state index contributed by atoms with van der Waals surface area (Å²) in [6.07, 6.45) is -24.5. The predicted octanol–water partition coefficient (Wildman–Crippen LogP) is 1.22. The summed E-state index contributed by atoms with van der Waals surface area (Å²) in [4.78, 5) is 103. The van der Waals surface area contributed by atoms with E-state index in [-0.39, 0.29) is 25.7 Å². The van der Waals surface area contributed by atoms with Crippen molar-refractivity contribution in [3.05, 3.63) is 109 Å². The fourth-order valence-electron chi connectivity index (χ4n) is 17.2. The molecule has 4 fully saturated rings. The molecule has 8 N–H and O–H groups in total. The molecular formula is C68H80N6O24. The number of nitrogens with zero attached hydrogens (tertiary/aromatic N) is 6. The Balaban J connectivity index is 1.27. The molecule has 0 bridgehead atoms. The number of hydrogen-bond acceptors (Lipinski definition) is 26. The van der Waals surface area contributed by atoms with Crippen LogP contribution in [-0.4, -0.2) is 224 Å². The third-order valence-corrected chi connectivity index (χ3v) is 21.6. The number of methoxy groups -OCH3 is 2. The Morgan fingerprint density at radius 2 is 0.786 bits per heavy atom. The highest BCUT2D eigenvalue weighted by Crippen LogP contribution is 2.63. The van der Waals surface area contributed by atoms with Gasteiger partial charge in [-0.05, 0) is 93.0 Å². The first-order valence-electron chi connectivity index (χ1n) is 32.6. The second kappa shape index (κ2) is 26.0. The van der Waals surface area contributed by atoms with Gasteiger partial charge in [-0.3, -0.25) is 28.8 Å². The molecule has 30 nitrogen and oxygen atoms in total. The van der Waals surface area contributed by atoms with Crippen LogP contribution < -0.4 is 32.4 Å². The zero-order valence-corrected chi connectivity index (χ0v) is 55.9. The molecule has 0 amide bonds. The standard InChI is InChI=1S/C68H80N6O24/c1-13-67(97-37-21-33(89-11)57(81)25(5)93-37)51(63(87)45-43-47(61(85)41-29(77)17-15-27(75)39(41)59(43)83)53(71-69)49(45)65(67)95-35-19-31(79)55(73(7)8)23(3)91-35)52-64(88)46-44-48(62(86)42-30(78)18-16-28(76)40(42)60(44)84)54(72-70)50(46)66(96-36-20-32(80)56(74(9)10)24(4)92-36)68(52,14-2)98-38-22-34(90-12)58(82)26(6)94-38/h15-18,23-26,31-38,51-52,55-58,65-66,79-86H,13-14,19-22H2,1-12H3/t23-,24-,25-,26-,31-,32-,33-,34-,35+,36+,37-,38-,51-,52-,55-,56-,57-,58-,65+,66+,67-,68-/m0/s1. The van der Waals surface area contributed by atoms with Crippen LogP contribution in [0.1, 0.15) is 124 Å². The van der Waals surface area contributed by atoms with Crippen molar-refractivity contribution in [2.24, 2.45) is 11.8 Å². The second-order valence-corrected chi connectivity index (χ2v) is 27.2. The molecule has 12 rings (SSSR count). The highest BCUT2D eigenvalue weighted by atomic mass is 16.7. The van der Waals surface area contributed by atoms with E-state index >= 15 is 9.59 Å². The number of benzene rings is 4. The SMILES string of the molecule is CC[C@@]1(O[C@H]2C[C@H](OC)[C@@H](O)[C@H](C)O2)[C@H](O[C@@H]2C[C@H](O)[C@@H](N(C)C)[C@H](C)O2)c2c(c3c(O)c4c(=O)ccc(=O)c4c(O)c3c2=[N+]=[N-])C(=O)[C@@H]1[C@H]1C(=O)c2c(c(=[N+]=[N-])c3c(O)c4c(=O)ccc(=O)c4c(O)c23)[C@@H](O[C@@H]2C[C@H](O)[C@@H](N(C)C)[C@H](C)O2)[C@@]1(CC)O[C@H]1C[C@H](OC)[C@@H](O)[C@H](C)O1. The van der Waals surface area contributed by atoms with Crippen molar-refractivity contribution in [3.63, 3.8) is 0 Å². The van der Waals surface area contributed by atoms with Crippen LogP contribution in [0.15, 0.2) is 43.4 Å². The maximum Gasteiger partial charge on any atom is 0.333 e. The first-order chi connectivity index (χ1) is 46.4.